The molecule has 0 bridgehead atoms. The Hall–Kier alpha value is -3.48. The third-order valence-electron chi connectivity index (χ3n) is 5.39. The second-order valence-electron chi connectivity index (χ2n) is 7.63. The monoisotopic (exact) mass is 468 g/mol. The Morgan fingerprint density at radius 2 is 1.79 bits per heavy atom. The van der Waals surface area contributed by atoms with Crippen LogP contribution in [0.15, 0.2) is 96.2 Å². The van der Waals surface area contributed by atoms with E-state index in [2.05, 4.69) is 35.3 Å². The van der Waals surface area contributed by atoms with E-state index in [0.29, 0.717) is 22.4 Å². The van der Waals surface area contributed by atoms with Crippen molar-refractivity contribution in [2.75, 3.05) is 0 Å². The molecule has 0 saturated carbocycles. The number of benzene rings is 3. The van der Waals surface area contributed by atoms with E-state index in [1.807, 2.05) is 54.6 Å². The first-order valence-electron chi connectivity index (χ1n) is 10.5. The standard InChI is InChI=1S/C27H20N2O2S2/c30-26-25(33-27(32)29(26)17-20-5-4-14-28-16-20)15-19-10-12-23(13-11-19)31-18-22-8-3-7-21-6-1-2-9-24(21)22/h1-16H,17-18H2. The quantitative estimate of drug-likeness (QED) is 0.248. The van der Waals surface area contributed by atoms with Crippen molar-refractivity contribution in [2.24, 2.45) is 0 Å². The van der Waals surface area contributed by atoms with Gasteiger partial charge in [-0.1, -0.05) is 84.6 Å². The summed E-state index contributed by atoms with van der Waals surface area (Å²) in [4.78, 5) is 19.2. The van der Waals surface area contributed by atoms with Crippen LogP contribution in [0.5, 0.6) is 5.75 Å². The van der Waals surface area contributed by atoms with Crippen molar-refractivity contribution in [1.29, 1.82) is 0 Å². The van der Waals surface area contributed by atoms with E-state index < -0.39 is 0 Å². The van der Waals surface area contributed by atoms with Crippen LogP contribution in [0.2, 0.25) is 0 Å². The summed E-state index contributed by atoms with van der Waals surface area (Å²) in [6, 6.07) is 26.1. The van der Waals surface area contributed by atoms with Gasteiger partial charge < -0.3 is 4.74 Å². The Bertz CT molecular complexity index is 1350. The molecule has 3 aromatic carbocycles. The Balaban J connectivity index is 1.26. The molecule has 0 atom stereocenters. The van der Waals surface area contributed by atoms with Gasteiger partial charge in [0, 0.05) is 12.4 Å². The highest BCUT2D eigenvalue weighted by Gasteiger charge is 2.31. The average molecular weight is 469 g/mol. The predicted octanol–water partition coefficient (Wildman–Crippen LogP) is 6.22. The van der Waals surface area contributed by atoms with E-state index in [-0.39, 0.29) is 5.91 Å². The second kappa shape index (κ2) is 9.57. The average Bonchev–Trinajstić information content (AvgIpc) is 3.11. The summed E-state index contributed by atoms with van der Waals surface area (Å²) in [6.07, 6.45) is 5.33. The molecule has 0 spiro atoms. The van der Waals surface area contributed by atoms with E-state index >= 15 is 0 Å². The topological polar surface area (TPSA) is 42.4 Å². The molecule has 1 aromatic heterocycles. The molecule has 1 fully saturated rings. The maximum Gasteiger partial charge on any atom is 0.266 e. The third kappa shape index (κ3) is 4.82. The summed E-state index contributed by atoms with van der Waals surface area (Å²) in [5.41, 5.74) is 3.02. The van der Waals surface area contributed by atoms with Crippen molar-refractivity contribution in [1.82, 2.24) is 9.88 Å². The van der Waals surface area contributed by atoms with Crippen molar-refractivity contribution >= 4 is 51.1 Å². The van der Waals surface area contributed by atoms with E-state index in [0.717, 1.165) is 22.4 Å². The van der Waals surface area contributed by atoms with E-state index in [9.17, 15) is 4.79 Å². The lowest BCUT2D eigenvalue weighted by Crippen LogP contribution is -2.27. The smallest absolute Gasteiger partial charge is 0.266 e. The molecule has 33 heavy (non-hydrogen) atoms. The van der Waals surface area contributed by atoms with Gasteiger partial charge >= 0.3 is 0 Å². The Morgan fingerprint density at radius 3 is 2.61 bits per heavy atom. The minimum atomic E-state index is -0.0786. The Morgan fingerprint density at radius 1 is 0.970 bits per heavy atom. The SMILES string of the molecule is O=C1C(=Cc2ccc(OCc3cccc4ccccc34)cc2)SC(=S)N1Cc1cccnc1. The maximum absolute atomic E-state index is 12.9. The highest BCUT2D eigenvalue weighted by atomic mass is 32.2. The van der Waals surface area contributed by atoms with Gasteiger partial charge in [0.2, 0.25) is 0 Å². The van der Waals surface area contributed by atoms with Crippen LogP contribution < -0.4 is 4.74 Å². The molecule has 162 valence electrons. The number of fused-ring (bicyclic) bond motifs is 1. The number of pyridine rings is 1. The minimum absolute atomic E-state index is 0.0786. The molecule has 1 aliphatic heterocycles. The van der Waals surface area contributed by atoms with Crippen LogP contribution in [0.4, 0.5) is 0 Å². The molecule has 2 heterocycles. The first-order valence-corrected chi connectivity index (χ1v) is 11.7. The highest BCUT2D eigenvalue weighted by Crippen LogP contribution is 2.33. The molecular weight excluding hydrogens is 448 g/mol. The number of aromatic nitrogens is 1. The normalized spacial score (nSPS) is 14.9. The zero-order chi connectivity index (χ0) is 22.6. The molecule has 1 aliphatic rings. The van der Waals surface area contributed by atoms with Crippen LogP contribution in [0.3, 0.4) is 0 Å². The van der Waals surface area contributed by atoms with Gasteiger partial charge in [0.15, 0.2) is 0 Å². The van der Waals surface area contributed by atoms with Gasteiger partial charge in [0.05, 0.1) is 11.4 Å². The molecule has 1 saturated heterocycles. The van der Waals surface area contributed by atoms with Crippen molar-refractivity contribution < 1.29 is 9.53 Å². The van der Waals surface area contributed by atoms with E-state index in [1.54, 1.807) is 17.3 Å². The fourth-order valence-corrected chi connectivity index (χ4v) is 4.96. The maximum atomic E-state index is 12.9. The van der Waals surface area contributed by atoms with Crippen LogP contribution >= 0.6 is 24.0 Å². The molecule has 5 rings (SSSR count). The molecule has 0 N–H and O–H groups in total. The van der Waals surface area contributed by atoms with E-state index in [4.69, 9.17) is 17.0 Å². The Kier molecular flexibility index (Phi) is 6.19. The highest BCUT2D eigenvalue weighted by molar-refractivity contribution is 8.26. The van der Waals surface area contributed by atoms with E-state index in [1.165, 1.54) is 22.5 Å². The van der Waals surface area contributed by atoms with Gasteiger partial charge in [-0.15, -0.1) is 0 Å². The molecule has 0 unspecified atom stereocenters. The van der Waals surface area contributed by atoms with Gasteiger partial charge in [-0.05, 0) is 51.7 Å². The fraction of sp³-hybridized carbons (Fsp3) is 0.0741. The molecule has 1 amide bonds. The summed E-state index contributed by atoms with van der Waals surface area (Å²) >= 11 is 6.76. The summed E-state index contributed by atoms with van der Waals surface area (Å²) in [7, 11) is 0. The lowest BCUT2D eigenvalue weighted by atomic mass is 10.1. The summed E-state index contributed by atoms with van der Waals surface area (Å²) in [5, 5.41) is 2.40. The lowest BCUT2D eigenvalue weighted by molar-refractivity contribution is -0.122. The van der Waals surface area contributed by atoms with Crippen LogP contribution in [0.1, 0.15) is 16.7 Å². The summed E-state index contributed by atoms with van der Waals surface area (Å²) < 4.78 is 6.58. The molecule has 4 nitrogen and oxygen atoms in total. The summed E-state index contributed by atoms with van der Waals surface area (Å²) in [5.74, 6) is 0.703. The number of carbonyl (C=O) groups excluding carboxylic acids is 1. The summed E-state index contributed by atoms with van der Waals surface area (Å²) in [6.45, 7) is 0.921. The number of hydrogen-bond donors (Lipinski definition) is 0. The largest absolute Gasteiger partial charge is 0.489 e. The molecule has 4 aromatic rings. The number of thiocarbonyl (C=S) groups is 1. The van der Waals surface area contributed by atoms with Gasteiger partial charge in [0.1, 0.15) is 16.7 Å². The molecule has 6 heteroatoms. The van der Waals surface area contributed by atoms with Crippen LogP contribution in [-0.4, -0.2) is 20.1 Å². The number of amides is 1. The number of thioether (sulfide) groups is 1. The number of rotatable bonds is 6. The second-order valence-corrected chi connectivity index (χ2v) is 9.30. The number of ether oxygens (including phenoxy) is 1. The first kappa shape index (κ1) is 21.4. The van der Waals surface area contributed by atoms with Gasteiger partial charge in [0.25, 0.3) is 5.91 Å². The molecular formula is C27H20N2O2S2. The zero-order valence-corrected chi connectivity index (χ0v) is 19.3. The molecule has 0 aliphatic carbocycles. The van der Waals surface area contributed by atoms with Crippen LogP contribution in [0, 0.1) is 0 Å². The van der Waals surface area contributed by atoms with Crippen molar-refractivity contribution in [2.45, 2.75) is 13.2 Å². The van der Waals surface area contributed by atoms with Crippen LogP contribution in [-0.2, 0) is 17.9 Å². The number of nitrogens with zero attached hydrogens (tertiary/aromatic N) is 2. The van der Waals surface area contributed by atoms with Gasteiger partial charge in [-0.25, -0.2) is 0 Å². The Labute approximate surface area is 201 Å². The van der Waals surface area contributed by atoms with Crippen molar-refractivity contribution in [3.63, 3.8) is 0 Å². The van der Waals surface area contributed by atoms with Gasteiger partial charge in [-0.2, -0.15) is 0 Å². The van der Waals surface area contributed by atoms with Crippen molar-refractivity contribution in [3.8, 4) is 5.75 Å². The first-order chi connectivity index (χ1) is 16.2. The van der Waals surface area contributed by atoms with Crippen molar-refractivity contribution in [3.05, 3.63) is 113 Å². The zero-order valence-electron chi connectivity index (χ0n) is 17.7. The van der Waals surface area contributed by atoms with Gasteiger partial charge in [-0.3, -0.25) is 14.7 Å². The fourth-order valence-electron chi connectivity index (χ4n) is 3.70. The lowest BCUT2D eigenvalue weighted by Gasteiger charge is -2.13. The van der Waals surface area contributed by atoms with Crippen LogP contribution in [0.25, 0.3) is 16.8 Å². The number of carbonyl (C=O) groups is 1. The minimum Gasteiger partial charge on any atom is -0.489 e. The molecule has 0 radical (unpaired) electrons. The number of hydrogen-bond acceptors (Lipinski definition) is 5. The predicted molar refractivity (Wildman–Crippen MR) is 138 cm³/mol. The third-order valence-corrected chi connectivity index (χ3v) is 6.77.